The maximum Gasteiger partial charge on any atom is 0.102 e. The van der Waals surface area contributed by atoms with Crippen molar-refractivity contribution in [3.8, 4) is 0 Å². The molecule has 3 rings (SSSR count). The van der Waals surface area contributed by atoms with Gasteiger partial charge in [-0.3, -0.25) is 9.67 Å². The highest BCUT2D eigenvalue weighted by molar-refractivity contribution is 5.92. The van der Waals surface area contributed by atoms with Crippen molar-refractivity contribution in [1.82, 2.24) is 20.0 Å². The molecule has 90 valence electrons. The van der Waals surface area contributed by atoms with Gasteiger partial charge in [0.15, 0.2) is 0 Å². The summed E-state index contributed by atoms with van der Waals surface area (Å²) in [5.41, 5.74) is 1.98. The van der Waals surface area contributed by atoms with E-state index in [1.54, 1.807) is 10.9 Å². The number of fused-ring (bicyclic) bond motifs is 1. The van der Waals surface area contributed by atoms with Crippen molar-refractivity contribution < 1.29 is 0 Å². The van der Waals surface area contributed by atoms with Crippen molar-refractivity contribution >= 4 is 16.5 Å². The Hall–Kier alpha value is -2.43. The van der Waals surface area contributed by atoms with Crippen LogP contribution in [0.1, 0.15) is 5.69 Å². The molecule has 5 nitrogen and oxygen atoms in total. The molecular weight excluding hydrogens is 226 g/mol. The number of pyridine rings is 1. The van der Waals surface area contributed by atoms with Gasteiger partial charge >= 0.3 is 0 Å². The van der Waals surface area contributed by atoms with Gasteiger partial charge in [0, 0.05) is 36.7 Å². The second-order valence-corrected chi connectivity index (χ2v) is 4.14. The van der Waals surface area contributed by atoms with Gasteiger partial charge in [-0.1, -0.05) is 17.3 Å². The summed E-state index contributed by atoms with van der Waals surface area (Å²) in [6.45, 7) is 0.655. The number of anilines is 1. The van der Waals surface area contributed by atoms with Crippen LogP contribution in [0.25, 0.3) is 10.8 Å². The third-order valence-electron chi connectivity index (χ3n) is 2.79. The van der Waals surface area contributed by atoms with Crippen molar-refractivity contribution in [3.63, 3.8) is 0 Å². The molecule has 0 bridgehead atoms. The summed E-state index contributed by atoms with van der Waals surface area (Å²) in [6, 6.07) is 8.15. The zero-order valence-electron chi connectivity index (χ0n) is 10.0. The number of nitrogens with one attached hydrogen (secondary N) is 1. The number of nitrogens with zero attached hydrogens (tertiary/aromatic N) is 4. The summed E-state index contributed by atoms with van der Waals surface area (Å²) < 4.78 is 1.70. The Bertz CT molecular complexity index is 668. The third-order valence-corrected chi connectivity index (χ3v) is 2.79. The molecule has 0 amide bonds. The number of hydrogen-bond donors (Lipinski definition) is 1. The molecule has 3 aromatic rings. The second kappa shape index (κ2) is 4.44. The molecule has 0 radical (unpaired) electrons. The fourth-order valence-corrected chi connectivity index (χ4v) is 1.93. The summed E-state index contributed by atoms with van der Waals surface area (Å²) in [4.78, 5) is 4.16. The van der Waals surface area contributed by atoms with E-state index in [4.69, 9.17) is 0 Å². The van der Waals surface area contributed by atoms with E-state index in [9.17, 15) is 0 Å². The highest BCUT2D eigenvalue weighted by atomic mass is 15.4. The average Bonchev–Trinajstić information content (AvgIpc) is 2.82. The maximum absolute atomic E-state index is 4.16. The predicted molar refractivity (Wildman–Crippen MR) is 70.1 cm³/mol. The SMILES string of the molecule is Cn1cc(CNc2cccc3ccncc23)nn1. The number of aryl methyl sites for hydroxylation is 1. The standard InChI is InChI=1S/C13H13N5/c1-18-9-11(16-17-18)7-15-13-4-2-3-10-5-6-14-8-12(10)13/h2-6,8-9,15H,7H2,1H3. The van der Waals surface area contributed by atoms with E-state index in [1.807, 2.05) is 37.6 Å². The fourth-order valence-electron chi connectivity index (χ4n) is 1.93. The first kappa shape index (κ1) is 10.7. The lowest BCUT2D eigenvalue weighted by atomic mass is 10.1. The first-order valence-corrected chi connectivity index (χ1v) is 5.75. The Morgan fingerprint density at radius 2 is 2.22 bits per heavy atom. The van der Waals surface area contributed by atoms with Crippen molar-refractivity contribution in [3.05, 3.63) is 48.5 Å². The lowest BCUT2D eigenvalue weighted by molar-refractivity contribution is 0.713. The van der Waals surface area contributed by atoms with Crippen molar-refractivity contribution in [1.29, 1.82) is 0 Å². The first-order valence-electron chi connectivity index (χ1n) is 5.75. The number of aromatic nitrogens is 4. The summed E-state index contributed by atoms with van der Waals surface area (Å²) in [5, 5.41) is 13.6. The van der Waals surface area contributed by atoms with Crippen LogP contribution in [0, 0.1) is 0 Å². The minimum Gasteiger partial charge on any atom is -0.379 e. The normalized spacial score (nSPS) is 10.7. The zero-order valence-corrected chi connectivity index (χ0v) is 10.0. The highest BCUT2D eigenvalue weighted by Crippen LogP contribution is 2.22. The van der Waals surface area contributed by atoms with Crippen LogP contribution in [0.15, 0.2) is 42.9 Å². The quantitative estimate of drug-likeness (QED) is 0.759. The van der Waals surface area contributed by atoms with Gasteiger partial charge in [0.1, 0.15) is 5.69 Å². The average molecular weight is 239 g/mol. The maximum atomic E-state index is 4.16. The molecule has 0 unspecified atom stereocenters. The van der Waals surface area contributed by atoms with Crippen LogP contribution in [-0.2, 0) is 13.6 Å². The molecule has 1 aromatic carbocycles. The molecule has 0 spiro atoms. The first-order chi connectivity index (χ1) is 8.83. The molecule has 0 saturated heterocycles. The third kappa shape index (κ3) is 2.02. The van der Waals surface area contributed by atoms with E-state index in [0.717, 1.165) is 16.8 Å². The van der Waals surface area contributed by atoms with Crippen LogP contribution in [0.2, 0.25) is 0 Å². The number of rotatable bonds is 3. The van der Waals surface area contributed by atoms with Crippen LogP contribution in [0.3, 0.4) is 0 Å². The monoisotopic (exact) mass is 239 g/mol. The molecule has 0 atom stereocenters. The minimum absolute atomic E-state index is 0.655. The van der Waals surface area contributed by atoms with E-state index in [0.29, 0.717) is 6.54 Å². The van der Waals surface area contributed by atoms with E-state index in [2.05, 4.69) is 26.7 Å². The van der Waals surface area contributed by atoms with Gasteiger partial charge < -0.3 is 5.32 Å². The predicted octanol–water partition coefficient (Wildman–Crippen LogP) is 1.98. The van der Waals surface area contributed by atoms with Gasteiger partial charge in [0.25, 0.3) is 0 Å². The van der Waals surface area contributed by atoms with E-state index in [1.165, 1.54) is 5.39 Å². The highest BCUT2D eigenvalue weighted by Gasteiger charge is 2.02. The van der Waals surface area contributed by atoms with Gasteiger partial charge in [-0.2, -0.15) is 0 Å². The molecule has 2 aromatic heterocycles. The molecule has 0 aliphatic carbocycles. The Morgan fingerprint density at radius 3 is 3.06 bits per heavy atom. The Morgan fingerprint density at radius 1 is 1.28 bits per heavy atom. The largest absolute Gasteiger partial charge is 0.379 e. The lowest BCUT2D eigenvalue weighted by Crippen LogP contribution is -2.00. The molecule has 5 heteroatoms. The smallest absolute Gasteiger partial charge is 0.102 e. The second-order valence-electron chi connectivity index (χ2n) is 4.14. The van der Waals surface area contributed by atoms with E-state index in [-0.39, 0.29) is 0 Å². The molecule has 0 fully saturated rings. The van der Waals surface area contributed by atoms with Crippen molar-refractivity contribution in [2.75, 3.05) is 5.32 Å². The van der Waals surface area contributed by atoms with E-state index >= 15 is 0 Å². The molecule has 1 N–H and O–H groups in total. The van der Waals surface area contributed by atoms with Gasteiger partial charge in [-0.25, -0.2) is 0 Å². The fraction of sp³-hybridized carbons (Fsp3) is 0.154. The van der Waals surface area contributed by atoms with Gasteiger partial charge in [-0.15, -0.1) is 5.10 Å². The molecule has 2 heterocycles. The van der Waals surface area contributed by atoms with Gasteiger partial charge in [-0.05, 0) is 17.5 Å². The molecule has 18 heavy (non-hydrogen) atoms. The van der Waals surface area contributed by atoms with Crippen molar-refractivity contribution in [2.24, 2.45) is 7.05 Å². The van der Waals surface area contributed by atoms with Gasteiger partial charge in [0.05, 0.1) is 6.54 Å². The molecular formula is C13H13N5. The molecule has 0 aliphatic heterocycles. The summed E-state index contributed by atoms with van der Waals surface area (Å²) in [5.74, 6) is 0. The molecule has 0 saturated carbocycles. The van der Waals surface area contributed by atoms with Crippen LogP contribution >= 0.6 is 0 Å². The van der Waals surface area contributed by atoms with Crippen LogP contribution in [0.4, 0.5) is 5.69 Å². The Labute approximate surface area is 104 Å². The Kier molecular flexibility index (Phi) is 2.64. The Balaban J connectivity index is 1.86. The summed E-state index contributed by atoms with van der Waals surface area (Å²) in [6.07, 6.45) is 5.57. The molecule has 0 aliphatic rings. The topological polar surface area (TPSA) is 55.6 Å². The summed E-state index contributed by atoms with van der Waals surface area (Å²) >= 11 is 0. The van der Waals surface area contributed by atoms with Crippen LogP contribution in [-0.4, -0.2) is 20.0 Å². The number of hydrogen-bond acceptors (Lipinski definition) is 4. The van der Waals surface area contributed by atoms with E-state index < -0.39 is 0 Å². The van der Waals surface area contributed by atoms with Gasteiger partial charge in [0.2, 0.25) is 0 Å². The van der Waals surface area contributed by atoms with Crippen LogP contribution in [0.5, 0.6) is 0 Å². The minimum atomic E-state index is 0.655. The zero-order chi connectivity index (χ0) is 12.4. The van der Waals surface area contributed by atoms with Crippen molar-refractivity contribution in [2.45, 2.75) is 6.54 Å². The number of benzene rings is 1. The lowest BCUT2D eigenvalue weighted by Gasteiger charge is -2.07. The summed E-state index contributed by atoms with van der Waals surface area (Å²) in [7, 11) is 1.86. The van der Waals surface area contributed by atoms with Crippen LogP contribution < -0.4 is 5.32 Å².